The minimum absolute atomic E-state index is 0.164. The average Bonchev–Trinajstić information content (AvgIpc) is 2.54. The topological polar surface area (TPSA) is 101 Å². The maximum Gasteiger partial charge on any atom is 0.274 e. The number of benzene rings is 1. The SMILES string of the molecule is COc1ccc(/C=N/Nc2nnc(C(C)(C)C)c(=O)[nH]2)c(OC)c1. The Morgan fingerprint density at radius 1 is 1.21 bits per heavy atom. The van der Waals surface area contributed by atoms with Crippen LogP contribution in [0.1, 0.15) is 32.0 Å². The fourth-order valence-corrected chi connectivity index (χ4v) is 1.97. The van der Waals surface area contributed by atoms with Gasteiger partial charge >= 0.3 is 0 Å². The molecule has 0 unspecified atom stereocenters. The van der Waals surface area contributed by atoms with E-state index in [1.165, 1.54) is 0 Å². The second-order valence-corrected chi connectivity index (χ2v) is 6.08. The molecule has 2 aromatic rings. The van der Waals surface area contributed by atoms with Gasteiger partial charge in [0.25, 0.3) is 5.56 Å². The van der Waals surface area contributed by atoms with Gasteiger partial charge < -0.3 is 9.47 Å². The number of methoxy groups -OCH3 is 2. The van der Waals surface area contributed by atoms with Crippen molar-refractivity contribution in [3.8, 4) is 11.5 Å². The number of hydrazone groups is 1. The highest BCUT2D eigenvalue weighted by atomic mass is 16.5. The average molecular weight is 331 g/mol. The molecule has 8 nitrogen and oxygen atoms in total. The molecule has 1 aromatic heterocycles. The highest BCUT2D eigenvalue weighted by Crippen LogP contribution is 2.23. The first-order chi connectivity index (χ1) is 11.3. The molecule has 128 valence electrons. The Morgan fingerprint density at radius 2 is 1.96 bits per heavy atom. The molecular weight excluding hydrogens is 310 g/mol. The molecule has 24 heavy (non-hydrogen) atoms. The summed E-state index contributed by atoms with van der Waals surface area (Å²) >= 11 is 0. The maximum atomic E-state index is 12.0. The minimum Gasteiger partial charge on any atom is -0.497 e. The van der Waals surface area contributed by atoms with Gasteiger partial charge in [-0.05, 0) is 12.1 Å². The Bertz CT molecular complexity index is 793. The highest BCUT2D eigenvalue weighted by Gasteiger charge is 2.20. The molecule has 0 saturated carbocycles. The van der Waals surface area contributed by atoms with Crippen molar-refractivity contribution in [3.05, 3.63) is 39.8 Å². The first kappa shape index (κ1) is 17.5. The smallest absolute Gasteiger partial charge is 0.274 e. The lowest BCUT2D eigenvalue weighted by atomic mass is 9.93. The summed E-state index contributed by atoms with van der Waals surface area (Å²) in [6, 6.07) is 5.35. The van der Waals surface area contributed by atoms with Crippen LogP contribution < -0.4 is 20.5 Å². The number of H-pyrrole nitrogens is 1. The molecule has 0 amide bonds. The molecule has 0 spiro atoms. The molecule has 2 N–H and O–H groups in total. The Balaban J connectivity index is 2.15. The quantitative estimate of drug-likeness (QED) is 0.641. The van der Waals surface area contributed by atoms with Gasteiger partial charge in [-0.1, -0.05) is 20.8 Å². The zero-order valence-electron chi connectivity index (χ0n) is 14.4. The van der Waals surface area contributed by atoms with E-state index in [9.17, 15) is 4.79 Å². The number of rotatable bonds is 5. The molecule has 2 rings (SSSR count). The molecule has 0 radical (unpaired) electrons. The van der Waals surface area contributed by atoms with E-state index in [4.69, 9.17) is 9.47 Å². The summed E-state index contributed by atoms with van der Waals surface area (Å²) in [5.74, 6) is 1.46. The van der Waals surface area contributed by atoms with Crippen molar-refractivity contribution in [2.75, 3.05) is 19.6 Å². The van der Waals surface area contributed by atoms with Gasteiger partial charge in [0.05, 0.1) is 20.4 Å². The number of ether oxygens (including phenoxy) is 2. The Kier molecular flexibility index (Phi) is 5.18. The number of anilines is 1. The zero-order chi connectivity index (χ0) is 17.7. The van der Waals surface area contributed by atoms with Gasteiger partial charge in [-0.15, -0.1) is 10.2 Å². The Morgan fingerprint density at radius 3 is 2.54 bits per heavy atom. The van der Waals surface area contributed by atoms with E-state index >= 15 is 0 Å². The van der Waals surface area contributed by atoms with E-state index in [1.54, 1.807) is 38.6 Å². The monoisotopic (exact) mass is 331 g/mol. The van der Waals surface area contributed by atoms with Crippen LogP contribution in [-0.2, 0) is 5.41 Å². The van der Waals surface area contributed by atoms with E-state index in [0.29, 0.717) is 17.2 Å². The summed E-state index contributed by atoms with van der Waals surface area (Å²) in [4.78, 5) is 14.6. The summed E-state index contributed by atoms with van der Waals surface area (Å²) in [5.41, 5.74) is 3.09. The number of aromatic nitrogens is 3. The molecule has 0 aliphatic heterocycles. The molecule has 0 aliphatic carbocycles. The van der Waals surface area contributed by atoms with Crippen LogP contribution in [0.2, 0.25) is 0 Å². The highest BCUT2D eigenvalue weighted by molar-refractivity contribution is 5.84. The summed E-state index contributed by atoms with van der Waals surface area (Å²) < 4.78 is 10.4. The lowest BCUT2D eigenvalue weighted by Gasteiger charge is -2.15. The van der Waals surface area contributed by atoms with Crippen molar-refractivity contribution in [3.63, 3.8) is 0 Å². The minimum atomic E-state index is -0.376. The fourth-order valence-electron chi connectivity index (χ4n) is 1.97. The van der Waals surface area contributed by atoms with Crippen molar-refractivity contribution >= 4 is 12.2 Å². The van der Waals surface area contributed by atoms with Gasteiger partial charge in [0.2, 0.25) is 5.95 Å². The van der Waals surface area contributed by atoms with Gasteiger partial charge in [-0.25, -0.2) is 5.43 Å². The van der Waals surface area contributed by atoms with Crippen LogP contribution in [0, 0.1) is 0 Å². The van der Waals surface area contributed by atoms with Crippen LogP contribution in [0.3, 0.4) is 0 Å². The van der Waals surface area contributed by atoms with E-state index in [0.717, 1.165) is 5.56 Å². The molecule has 1 aromatic carbocycles. The predicted molar refractivity (Wildman–Crippen MR) is 92.1 cm³/mol. The first-order valence-corrected chi connectivity index (χ1v) is 7.33. The standard InChI is InChI=1S/C16H21N5O3/c1-16(2,3)13-14(22)18-15(21-19-13)20-17-9-10-6-7-11(23-4)8-12(10)24-5/h6-9H,1-5H3,(H2,18,20,21,22)/b17-9+. The van der Waals surface area contributed by atoms with Gasteiger partial charge in [0.15, 0.2) is 0 Å². The van der Waals surface area contributed by atoms with Crippen LogP contribution in [0.4, 0.5) is 5.95 Å². The first-order valence-electron chi connectivity index (χ1n) is 7.33. The number of nitrogens with one attached hydrogen (secondary N) is 2. The van der Waals surface area contributed by atoms with Crippen molar-refractivity contribution in [2.24, 2.45) is 5.10 Å². The molecule has 0 bridgehead atoms. The maximum absolute atomic E-state index is 12.0. The van der Waals surface area contributed by atoms with Gasteiger partial charge in [0.1, 0.15) is 17.2 Å². The molecular formula is C16H21N5O3. The second-order valence-electron chi connectivity index (χ2n) is 6.08. The van der Waals surface area contributed by atoms with Crippen LogP contribution in [-0.4, -0.2) is 35.6 Å². The molecule has 0 fully saturated rings. The van der Waals surface area contributed by atoms with Crippen molar-refractivity contribution in [1.82, 2.24) is 15.2 Å². The third-order valence-corrected chi connectivity index (χ3v) is 3.22. The summed E-state index contributed by atoms with van der Waals surface area (Å²) in [7, 11) is 3.15. The van der Waals surface area contributed by atoms with E-state index in [-0.39, 0.29) is 16.9 Å². The summed E-state index contributed by atoms with van der Waals surface area (Å²) in [5, 5.41) is 11.9. The van der Waals surface area contributed by atoms with E-state index in [1.807, 2.05) is 20.8 Å². The van der Waals surface area contributed by atoms with Gasteiger partial charge in [-0.2, -0.15) is 5.10 Å². The number of aromatic amines is 1. The molecule has 0 saturated heterocycles. The molecule has 0 atom stereocenters. The fraction of sp³-hybridized carbons (Fsp3) is 0.375. The zero-order valence-corrected chi connectivity index (χ0v) is 14.4. The Hall–Kier alpha value is -2.90. The molecule has 0 aliphatic rings. The normalized spacial score (nSPS) is 11.5. The third kappa shape index (κ3) is 4.09. The van der Waals surface area contributed by atoms with Crippen molar-refractivity contribution in [2.45, 2.75) is 26.2 Å². The van der Waals surface area contributed by atoms with Crippen molar-refractivity contribution < 1.29 is 9.47 Å². The third-order valence-electron chi connectivity index (χ3n) is 3.22. The number of hydrogen-bond donors (Lipinski definition) is 2. The number of nitrogens with zero attached hydrogens (tertiary/aromatic N) is 3. The largest absolute Gasteiger partial charge is 0.497 e. The lowest BCUT2D eigenvalue weighted by Crippen LogP contribution is -2.28. The number of hydrogen-bond acceptors (Lipinski definition) is 7. The van der Waals surface area contributed by atoms with Crippen LogP contribution >= 0.6 is 0 Å². The summed E-state index contributed by atoms with van der Waals surface area (Å²) in [6.07, 6.45) is 1.55. The predicted octanol–water partition coefficient (Wildman–Crippen LogP) is 1.93. The van der Waals surface area contributed by atoms with E-state index in [2.05, 4.69) is 25.7 Å². The van der Waals surface area contributed by atoms with Crippen LogP contribution in [0.25, 0.3) is 0 Å². The van der Waals surface area contributed by atoms with Crippen LogP contribution in [0.5, 0.6) is 11.5 Å². The summed E-state index contributed by atoms with van der Waals surface area (Å²) in [6.45, 7) is 5.69. The Labute approximate surface area is 139 Å². The van der Waals surface area contributed by atoms with Gasteiger partial charge in [0, 0.05) is 17.0 Å². The second kappa shape index (κ2) is 7.12. The van der Waals surface area contributed by atoms with Crippen LogP contribution in [0.15, 0.2) is 28.1 Å². The molecule has 8 heteroatoms. The lowest BCUT2D eigenvalue weighted by molar-refractivity contribution is 0.394. The van der Waals surface area contributed by atoms with Crippen molar-refractivity contribution in [1.29, 1.82) is 0 Å². The van der Waals surface area contributed by atoms with E-state index < -0.39 is 0 Å². The van der Waals surface area contributed by atoms with Gasteiger partial charge in [-0.3, -0.25) is 9.78 Å². The molecule has 1 heterocycles.